The van der Waals surface area contributed by atoms with E-state index >= 15 is 0 Å². The zero-order valence-corrected chi connectivity index (χ0v) is 33.4. The first-order chi connectivity index (χ1) is 22.7. The molecule has 0 aliphatic heterocycles. The van der Waals surface area contributed by atoms with Gasteiger partial charge in [0.2, 0.25) is 0 Å². The third-order valence-electron chi connectivity index (χ3n) is 10.7. The third kappa shape index (κ3) is 29.2. The number of hydrogen-bond acceptors (Lipinski definition) is 5. The second-order valence-corrected chi connectivity index (χ2v) is 15.5. The van der Waals surface area contributed by atoms with Gasteiger partial charge in [-0.25, -0.2) is 0 Å². The van der Waals surface area contributed by atoms with Crippen LogP contribution >= 0.6 is 0 Å². The highest BCUT2D eigenvalue weighted by molar-refractivity contribution is 7.80. The molecule has 0 saturated heterocycles. The van der Waals surface area contributed by atoms with Crippen LogP contribution < -0.4 is 5.32 Å². The first-order valence-corrected chi connectivity index (χ1v) is 21.9. The maximum Gasteiger partial charge on any atom is 0.397 e. The summed E-state index contributed by atoms with van der Waals surface area (Å²) in [6.07, 6.45) is 41.7. The van der Waals surface area contributed by atoms with E-state index < -0.39 is 10.4 Å². The predicted octanol–water partition coefficient (Wildman–Crippen LogP) is 12.4. The van der Waals surface area contributed by atoms with Gasteiger partial charge in [0, 0.05) is 5.54 Å². The molecular formula is C40H85NO5S. The Morgan fingerprint density at radius 1 is 0.532 bits per heavy atom. The summed E-state index contributed by atoms with van der Waals surface area (Å²) in [7, 11) is -1.17. The van der Waals surface area contributed by atoms with Gasteiger partial charge < -0.3 is 10.4 Å². The highest BCUT2D eigenvalue weighted by Gasteiger charge is 2.41. The molecule has 286 valence electrons. The SMILES string of the molecule is CCCCCCCCCCCCCCCC(CC)C(CO)(NC)C(CC)CCCCCCCCCCCCCCC.COS(=O)(=O)O. The minimum absolute atomic E-state index is 0.0994. The van der Waals surface area contributed by atoms with Crippen molar-refractivity contribution in [1.29, 1.82) is 0 Å². The van der Waals surface area contributed by atoms with Crippen LogP contribution in [0.5, 0.6) is 0 Å². The summed E-state index contributed by atoms with van der Waals surface area (Å²) in [6.45, 7) is 9.60. The predicted molar refractivity (Wildman–Crippen MR) is 206 cm³/mol. The van der Waals surface area contributed by atoms with Gasteiger partial charge in [-0.2, -0.15) is 8.42 Å². The van der Waals surface area contributed by atoms with E-state index in [1.165, 1.54) is 193 Å². The monoisotopic (exact) mass is 692 g/mol. The average Bonchev–Trinajstić information content (AvgIpc) is 3.07. The molecule has 0 aromatic rings. The van der Waals surface area contributed by atoms with Gasteiger partial charge in [-0.1, -0.05) is 207 Å². The Kier molecular flexibility index (Phi) is 37.1. The molecule has 0 aliphatic rings. The lowest BCUT2D eigenvalue weighted by Gasteiger charge is -2.45. The zero-order chi connectivity index (χ0) is 35.5. The molecule has 0 aromatic heterocycles. The van der Waals surface area contributed by atoms with Crippen molar-refractivity contribution in [2.24, 2.45) is 11.8 Å². The van der Waals surface area contributed by atoms with Crippen LogP contribution in [0.15, 0.2) is 0 Å². The fourth-order valence-corrected chi connectivity index (χ4v) is 7.55. The van der Waals surface area contributed by atoms with Crippen LogP contribution in [0.2, 0.25) is 0 Å². The molecule has 2 atom stereocenters. The summed E-state index contributed by atoms with van der Waals surface area (Å²) in [6, 6.07) is 0. The molecule has 0 heterocycles. The Bertz CT molecular complexity index is 673. The summed E-state index contributed by atoms with van der Waals surface area (Å²) in [5.74, 6) is 1.16. The van der Waals surface area contributed by atoms with Gasteiger partial charge in [-0.15, -0.1) is 0 Å². The van der Waals surface area contributed by atoms with Crippen LogP contribution in [0, 0.1) is 11.8 Å². The van der Waals surface area contributed by atoms with Gasteiger partial charge in [-0.05, 0) is 31.7 Å². The smallest absolute Gasteiger partial charge is 0.394 e. The number of unbranched alkanes of at least 4 members (excludes halogenated alkanes) is 24. The molecule has 0 fully saturated rings. The van der Waals surface area contributed by atoms with Crippen LogP contribution in [0.25, 0.3) is 0 Å². The largest absolute Gasteiger partial charge is 0.397 e. The van der Waals surface area contributed by atoms with Gasteiger partial charge >= 0.3 is 10.4 Å². The van der Waals surface area contributed by atoms with Gasteiger partial charge in [0.15, 0.2) is 0 Å². The standard InChI is InChI=1S/C39H81NO.CH4O4S/c1-6-10-12-14-16-18-20-22-24-26-28-30-32-34-37(8-3)39(36-41,40-5)38(9-4)35-33-31-29-27-25-23-21-19-17-15-13-11-7-2;1-5-6(2,3)4/h37-38,40-41H,6-36H2,1-5H3;1H3,(H,2,3,4). The van der Waals surface area contributed by atoms with Crippen molar-refractivity contribution < 1.29 is 22.3 Å². The molecule has 0 aromatic carbocycles. The second kappa shape index (κ2) is 35.6. The zero-order valence-electron chi connectivity index (χ0n) is 32.6. The Labute approximate surface area is 295 Å². The molecular weight excluding hydrogens is 607 g/mol. The van der Waals surface area contributed by atoms with Crippen molar-refractivity contribution in [3.8, 4) is 0 Å². The second-order valence-electron chi connectivity index (χ2n) is 14.3. The number of aliphatic hydroxyl groups is 1. The van der Waals surface area contributed by atoms with Crippen molar-refractivity contribution in [3.63, 3.8) is 0 Å². The van der Waals surface area contributed by atoms with E-state index in [2.05, 4.69) is 44.2 Å². The van der Waals surface area contributed by atoms with E-state index in [1.54, 1.807) is 0 Å². The summed E-state index contributed by atoms with van der Waals surface area (Å²) in [5.41, 5.74) is -0.0994. The third-order valence-corrected chi connectivity index (χ3v) is 11.1. The molecule has 47 heavy (non-hydrogen) atoms. The molecule has 6 nitrogen and oxygen atoms in total. The van der Waals surface area contributed by atoms with E-state index in [9.17, 15) is 13.5 Å². The van der Waals surface area contributed by atoms with Gasteiger partial charge in [0.05, 0.1) is 13.7 Å². The Balaban J connectivity index is 0. The van der Waals surface area contributed by atoms with E-state index in [-0.39, 0.29) is 12.1 Å². The lowest BCUT2D eigenvalue weighted by Crippen LogP contribution is -2.58. The fourth-order valence-electron chi connectivity index (χ4n) is 7.55. The number of rotatable bonds is 35. The van der Waals surface area contributed by atoms with E-state index in [0.717, 1.165) is 7.11 Å². The van der Waals surface area contributed by atoms with Gasteiger partial charge in [-0.3, -0.25) is 8.74 Å². The first kappa shape index (κ1) is 48.9. The van der Waals surface area contributed by atoms with Crippen LogP contribution in [0.1, 0.15) is 220 Å². The lowest BCUT2D eigenvalue weighted by atomic mass is 9.68. The Hall–Kier alpha value is -0.210. The minimum atomic E-state index is -4.16. The Morgan fingerprint density at radius 2 is 0.766 bits per heavy atom. The van der Waals surface area contributed by atoms with Crippen molar-refractivity contribution in [1.82, 2.24) is 5.32 Å². The average molecular weight is 692 g/mol. The highest BCUT2D eigenvalue weighted by Crippen LogP contribution is 2.37. The fraction of sp³-hybridized carbons (Fsp3) is 1.00. The molecule has 3 N–H and O–H groups in total. The molecule has 0 saturated carbocycles. The van der Waals surface area contributed by atoms with E-state index in [0.29, 0.717) is 11.8 Å². The lowest BCUT2D eigenvalue weighted by molar-refractivity contribution is 0.0398. The van der Waals surface area contributed by atoms with Gasteiger partial charge in [0.25, 0.3) is 0 Å². The maximum absolute atomic E-state index is 10.7. The molecule has 0 bridgehead atoms. The summed E-state index contributed by atoms with van der Waals surface area (Å²) in [5, 5.41) is 14.4. The summed E-state index contributed by atoms with van der Waals surface area (Å²) in [4.78, 5) is 0. The quantitative estimate of drug-likeness (QED) is 0.0452. The van der Waals surface area contributed by atoms with Crippen LogP contribution in [0.4, 0.5) is 0 Å². The number of aliphatic hydroxyl groups excluding tert-OH is 1. The van der Waals surface area contributed by atoms with Crippen molar-refractivity contribution in [2.45, 2.75) is 226 Å². The number of nitrogens with one attached hydrogen (secondary N) is 1. The van der Waals surface area contributed by atoms with E-state index in [1.807, 2.05) is 0 Å². The topological polar surface area (TPSA) is 95.9 Å². The van der Waals surface area contributed by atoms with Crippen molar-refractivity contribution in [2.75, 3.05) is 20.8 Å². The molecule has 0 aliphatic carbocycles. The maximum atomic E-state index is 10.7. The molecule has 0 amide bonds. The van der Waals surface area contributed by atoms with E-state index in [4.69, 9.17) is 4.55 Å². The first-order valence-electron chi connectivity index (χ1n) is 20.5. The summed E-state index contributed by atoms with van der Waals surface area (Å²) >= 11 is 0. The number of likely N-dealkylation sites (N-methyl/N-ethyl adjacent to an activating group) is 1. The van der Waals surface area contributed by atoms with Crippen LogP contribution in [-0.4, -0.2) is 44.4 Å². The molecule has 0 spiro atoms. The van der Waals surface area contributed by atoms with Crippen molar-refractivity contribution >= 4 is 10.4 Å². The number of hydrogen-bond donors (Lipinski definition) is 3. The van der Waals surface area contributed by atoms with Crippen LogP contribution in [0.3, 0.4) is 0 Å². The molecule has 0 rings (SSSR count). The van der Waals surface area contributed by atoms with Crippen LogP contribution in [-0.2, 0) is 14.6 Å². The normalized spacial score (nSPS) is 14.4. The highest BCUT2D eigenvalue weighted by atomic mass is 32.3. The summed E-state index contributed by atoms with van der Waals surface area (Å²) < 4.78 is 29.7. The van der Waals surface area contributed by atoms with Gasteiger partial charge in [0.1, 0.15) is 0 Å². The molecule has 0 radical (unpaired) electrons. The minimum Gasteiger partial charge on any atom is -0.394 e. The Morgan fingerprint density at radius 3 is 0.936 bits per heavy atom. The molecule has 7 heteroatoms. The van der Waals surface area contributed by atoms with Crippen molar-refractivity contribution in [3.05, 3.63) is 0 Å². The molecule has 2 unspecified atom stereocenters.